The van der Waals surface area contributed by atoms with Crippen molar-refractivity contribution < 1.29 is 9.32 Å². The number of fused-ring (bicyclic) bond motifs is 1. The fourth-order valence-electron chi connectivity index (χ4n) is 2.60. The number of carbonyl (C=O) groups is 1. The zero-order valence-corrected chi connectivity index (χ0v) is 15.5. The molecule has 1 aromatic carbocycles. The second kappa shape index (κ2) is 7.20. The lowest BCUT2D eigenvalue weighted by molar-refractivity contribution is 0.101. The molecule has 136 valence electrons. The Hall–Kier alpha value is -3.20. The van der Waals surface area contributed by atoms with E-state index in [0.717, 1.165) is 10.7 Å². The number of nitrogens with one attached hydrogen (secondary N) is 1. The topological polar surface area (TPSA) is 98.7 Å². The fourth-order valence-corrected chi connectivity index (χ4v) is 3.51. The molecule has 0 aliphatic carbocycles. The maximum absolute atomic E-state index is 12.6. The summed E-state index contributed by atoms with van der Waals surface area (Å²) >= 11 is 1.58. The molecule has 4 rings (SSSR count). The molecular weight excluding hydrogens is 364 g/mol. The van der Waals surface area contributed by atoms with Crippen molar-refractivity contribution in [1.29, 1.82) is 0 Å². The van der Waals surface area contributed by atoms with Crippen molar-refractivity contribution in [3.63, 3.8) is 0 Å². The number of aryl methyl sites for hydroxylation is 1. The molecule has 0 fully saturated rings. The second-order valence-electron chi connectivity index (χ2n) is 5.94. The van der Waals surface area contributed by atoms with Crippen LogP contribution in [0.25, 0.3) is 11.0 Å². The van der Waals surface area contributed by atoms with E-state index in [1.54, 1.807) is 36.4 Å². The van der Waals surface area contributed by atoms with Gasteiger partial charge in [0.1, 0.15) is 12.1 Å². The molecule has 9 heteroatoms. The van der Waals surface area contributed by atoms with Gasteiger partial charge in [-0.2, -0.15) is 0 Å². The molecule has 3 heterocycles. The van der Waals surface area contributed by atoms with Crippen molar-refractivity contribution in [2.75, 3.05) is 5.32 Å². The molecule has 0 aliphatic rings. The first kappa shape index (κ1) is 17.2. The molecule has 0 bridgehead atoms. The van der Waals surface area contributed by atoms with Crippen molar-refractivity contribution in [1.82, 2.24) is 24.9 Å². The largest absolute Gasteiger partial charge is 0.355 e. The van der Waals surface area contributed by atoms with E-state index in [-0.39, 0.29) is 16.9 Å². The third-order valence-electron chi connectivity index (χ3n) is 4.04. The number of hydrogen-bond acceptors (Lipinski definition) is 7. The van der Waals surface area contributed by atoms with E-state index in [1.807, 2.05) is 35.9 Å². The predicted octanol–water partition coefficient (Wildman–Crippen LogP) is 3.46. The first-order chi connectivity index (χ1) is 13.1. The Morgan fingerprint density at radius 3 is 2.96 bits per heavy atom. The van der Waals surface area contributed by atoms with Gasteiger partial charge in [0, 0.05) is 18.5 Å². The normalized spacial score (nSPS) is 12.2. The van der Waals surface area contributed by atoms with Crippen LogP contribution in [-0.2, 0) is 7.05 Å². The van der Waals surface area contributed by atoms with Gasteiger partial charge in [-0.05, 0) is 36.8 Å². The number of nitrogens with zero attached hydrogens (tertiary/aromatic N) is 5. The number of pyridine rings is 1. The molecule has 0 saturated heterocycles. The minimum atomic E-state index is -0.363. The van der Waals surface area contributed by atoms with Gasteiger partial charge in [0.15, 0.2) is 16.4 Å². The lowest BCUT2D eigenvalue weighted by atomic mass is 10.2. The minimum Gasteiger partial charge on any atom is -0.355 e. The smallest absolute Gasteiger partial charge is 0.279 e. The molecular formula is C18H16N6O2S. The summed E-state index contributed by atoms with van der Waals surface area (Å²) in [4.78, 5) is 16.8. The van der Waals surface area contributed by atoms with Gasteiger partial charge < -0.3 is 14.4 Å². The molecule has 8 nitrogen and oxygen atoms in total. The van der Waals surface area contributed by atoms with E-state index in [9.17, 15) is 4.79 Å². The number of para-hydroxylation sites is 1. The van der Waals surface area contributed by atoms with Crippen molar-refractivity contribution >= 4 is 34.5 Å². The van der Waals surface area contributed by atoms with Crippen molar-refractivity contribution in [2.24, 2.45) is 7.05 Å². The first-order valence-electron chi connectivity index (χ1n) is 8.24. The quantitative estimate of drug-likeness (QED) is 0.529. The van der Waals surface area contributed by atoms with Gasteiger partial charge >= 0.3 is 0 Å². The van der Waals surface area contributed by atoms with E-state index >= 15 is 0 Å². The van der Waals surface area contributed by atoms with E-state index in [1.165, 1.54) is 0 Å². The molecule has 1 N–H and O–H groups in total. The summed E-state index contributed by atoms with van der Waals surface area (Å²) in [6, 6.07) is 11.0. The first-order valence-corrected chi connectivity index (χ1v) is 9.12. The highest BCUT2D eigenvalue weighted by Crippen LogP contribution is 2.33. The van der Waals surface area contributed by atoms with Crippen LogP contribution in [0.15, 0.2) is 58.6 Å². The van der Waals surface area contributed by atoms with Crippen molar-refractivity contribution in [3.05, 3.63) is 60.2 Å². The fraction of sp³-hybridized carbons (Fsp3) is 0.167. The molecule has 4 aromatic rings. The van der Waals surface area contributed by atoms with Crippen LogP contribution in [0.5, 0.6) is 0 Å². The highest BCUT2D eigenvalue weighted by atomic mass is 32.2. The van der Waals surface area contributed by atoms with E-state index < -0.39 is 0 Å². The number of benzene rings is 1. The lowest BCUT2D eigenvalue weighted by Crippen LogP contribution is -2.14. The van der Waals surface area contributed by atoms with Crippen LogP contribution in [0.1, 0.15) is 28.2 Å². The maximum atomic E-state index is 12.6. The van der Waals surface area contributed by atoms with E-state index in [2.05, 4.69) is 32.6 Å². The number of thioether (sulfide) groups is 1. The lowest BCUT2D eigenvalue weighted by Gasteiger charge is -2.12. The maximum Gasteiger partial charge on any atom is 0.279 e. The van der Waals surface area contributed by atoms with Crippen LogP contribution >= 0.6 is 11.8 Å². The highest BCUT2D eigenvalue weighted by Gasteiger charge is 2.17. The summed E-state index contributed by atoms with van der Waals surface area (Å²) in [6.07, 6.45) is 3.33. The standard InChI is InChI=1S/C18H16N6O2S/c1-11(27-18-22-20-10-24(18)2)12-7-8-19-15(9-12)21-17(25)16-13-5-3-4-6-14(13)26-23-16/h3-11H,1-2H3,(H,19,21,25)/t11-/m0/s1. The molecule has 0 saturated carbocycles. The van der Waals surface area contributed by atoms with Gasteiger partial charge in [0.05, 0.1) is 5.39 Å². The van der Waals surface area contributed by atoms with Gasteiger partial charge in [-0.15, -0.1) is 10.2 Å². The Morgan fingerprint density at radius 1 is 1.30 bits per heavy atom. The number of hydrogen-bond donors (Lipinski definition) is 1. The molecule has 3 aromatic heterocycles. The second-order valence-corrected chi connectivity index (χ2v) is 7.25. The predicted molar refractivity (Wildman–Crippen MR) is 101 cm³/mol. The summed E-state index contributed by atoms with van der Waals surface area (Å²) in [5, 5.41) is 16.2. The van der Waals surface area contributed by atoms with Crippen LogP contribution in [0, 0.1) is 0 Å². The molecule has 1 atom stereocenters. The molecule has 0 spiro atoms. The summed E-state index contributed by atoms with van der Waals surface area (Å²) in [5.74, 6) is 0.0909. The molecule has 1 amide bonds. The number of amides is 1. The number of carbonyl (C=O) groups excluding carboxylic acids is 1. The van der Waals surface area contributed by atoms with Crippen LogP contribution in [-0.4, -0.2) is 30.8 Å². The van der Waals surface area contributed by atoms with Crippen molar-refractivity contribution in [3.8, 4) is 0 Å². The van der Waals surface area contributed by atoms with Crippen LogP contribution in [0.2, 0.25) is 0 Å². The van der Waals surface area contributed by atoms with E-state index in [0.29, 0.717) is 16.8 Å². The summed E-state index contributed by atoms with van der Waals surface area (Å²) in [5.41, 5.74) is 1.82. The Labute approximate surface area is 159 Å². The molecule has 27 heavy (non-hydrogen) atoms. The average molecular weight is 380 g/mol. The Morgan fingerprint density at radius 2 is 2.15 bits per heavy atom. The minimum absolute atomic E-state index is 0.111. The van der Waals surface area contributed by atoms with Crippen LogP contribution in [0.3, 0.4) is 0 Å². The SMILES string of the molecule is C[C@H](Sc1nncn1C)c1ccnc(NC(=O)c2noc3ccccc23)c1. The molecule has 0 unspecified atom stereocenters. The van der Waals surface area contributed by atoms with Crippen LogP contribution in [0.4, 0.5) is 5.82 Å². The zero-order valence-electron chi connectivity index (χ0n) is 14.7. The average Bonchev–Trinajstić information content (AvgIpc) is 3.28. The highest BCUT2D eigenvalue weighted by molar-refractivity contribution is 7.99. The van der Waals surface area contributed by atoms with Gasteiger partial charge in [0.2, 0.25) is 0 Å². The summed E-state index contributed by atoms with van der Waals surface area (Å²) in [7, 11) is 1.90. The van der Waals surface area contributed by atoms with Crippen molar-refractivity contribution in [2.45, 2.75) is 17.3 Å². The summed E-state index contributed by atoms with van der Waals surface area (Å²) < 4.78 is 7.05. The number of rotatable bonds is 5. The Bertz CT molecular complexity index is 1110. The Balaban J connectivity index is 1.52. The Kier molecular flexibility index (Phi) is 4.59. The van der Waals surface area contributed by atoms with Gasteiger partial charge in [-0.3, -0.25) is 4.79 Å². The third kappa shape index (κ3) is 3.54. The molecule has 0 radical (unpaired) electrons. The summed E-state index contributed by atoms with van der Waals surface area (Å²) in [6.45, 7) is 2.06. The van der Waals surface area contributed by atoms with Gasteiger partial charge in [-0.1, -0.05) is 29.1 Å². The monoisotopic (exact) mass is 380 g/mol. The third-order valence-corrected chi connectivity index (χ3v) is 5.25. The molecule has 0 aliphatic heterocycles. The van der Waals surface area contributed by atoms with Gasteiger partial charge in [-0.25, -0.2) is 4.98 Å². The van der Waals surface area contributed by atoms with E-state index in [4.69, 9.17) is 4.52 Å². The zero-order chi connectivity index (χ0) is 18.8. The van der Waals surface area contributed by atoms with Crippen LogP contribution < -0.4 is 5.32 Å². The number of aromatic nitrogens is 5. The van der Waals surface area contributed by atoms with Gasteiger partial charge in [0.25, 0.3) is 5.91 Å². The number of anilines is 1.